The van der Waals surface area contributed by atoms with Gasteiger partial charge in [0.15, 0.2) is 0 Å². The average molecular weight is 342 g/mol. The van der Waals surface area contributed by atoms with Crippen LogP contribution in [0.3, 0.4) is 0 Å². The highest BCUT2D eigenvalue weighted by Gasteiger charge is 2.58. The number of aliphatic hydroxyl groups is 1. The lowest BCUT2D eigenvalue weighted by Gasteiger charge is -2.62. The Hall–Kier alpha value is -1.20. The highest BCUT2D eigenvalue weighted by molar-refractivity contribution is 5.49. The molecule has 1 aliphatic heterocycles. The highest BCUT2D eigenvalue weighted by Crippen LogP contribution is 2.63. The number of rotatable bonds is 3. The van der Waals surface area contributed by atoms with Crippen LogP contribution < -0.4 is 10.6 Å². The molecule has 4 aliphatic carbocycles. The van der Waals surface area contributed by atoms with E-state index in [1.54, 1.807) is 0 Å². The Morgan fingerprint density at radius 1 is 1.20 bits per heavy atom. The zero-order valence-corrected chi connectivity index (χ0v) is 15.4. The lowest BCUT2D eigenvalue weighted by molar-refractivity contribution is -0.167. The summed E-state index contributed by atoms with van der Waals surface area (Å²) in [5, 5.41) is 18.3. The fourth-order valence-electron chi connectivity index (χ4n) is 6.75. The minimum atomic E-state index is -0.398. The number of anilines is 1. The largest absolute Gasteiger partial charge is 0.390 e. The Labute approximate surface area is 150 Å². The average Bonchev–Trinajstić information content (AvgIpc) is 2.52. The normalized spacial score (nSPS) is 40.0. The van der Waals surface area contributed by atoms with E-state index >= 15 is 0 Å². The van der Waals surface area contributed by atoms with E-state index < -0.39 is 5.60 Å². The van der Waals surface area contributed by atoms with Gasteiger partial charge < -0.3 is 15.7 Å². The number of hydrogen-bond acceptors (Lipinski definition) is 5. The lowest BCUT2D eigenvalue weighted by atomic mass is 9.46. The van der Waals surface area contributed by atoms with Gasteiger partial charge in [0.2, 0.25) is 0 Å². The van der Waals surface area contributed by atoms with Crippen molar-refractivity contribution in [2.24, 2.45) is 17.3 Å². The van der Waals surface area contributed by atoms with Gasteiger partial charge in [0, 0.05) is 18.2 Å². The molecule has 3 atom stereocenters. The molecule has 0 unspecified atom stereocenters. The highest BCUT2D eigenvalue weighted by atomic mass is 16.3. The van der Waals surface area contributed by atoms with Crippen LogP contribution in [-0.2, 0) is 13.0 Å². The van der Waals surface area contributed by atoms with Gasteiger partial charge in [-0.3, -0.25) is 0 Å². The molecule has 6 rings (SSSR count). The van der Waals surface area contributed by atoms with Crippen molar-refractivity contribution >= 4 is 5.82 Å². The second-order valence-corrected chi connectivity index (χ2v) is 9.39. The number of hydrogen-bond donors (Lipinski definition) is 3. The van der Waals surface area contributed by atoms with Gasteiger partial charge in [-0.05, 0) is 82.6 Å². The van der Waals surface area contributed by atoms with Crippen molar-refractivity contribution in [1.29, 1.82) is 0 Å². The van der Waals surface area contributed by atoms with Gasteiger partial charge in [-0.15, -0.1) is 0 Å². The van der Waals surface area contributed by atoms with Gasteiger partial charge in [0.05, 0.1) is 11.3 Å². The van der Waals surface area contributed by atoms with Crippen LogP contribution in [0, 0.1) is 24.2 Å². The predicted molar refractivity (Wildman–Crippen MR) is 97.3 cm³/mol. The first-order valence-electron chi connectivity index (χ1n) is 10.0. The van der Waals surface area contributed by atoms with E-state index in [0.29, 0.717) is 6.04 Å². The van der Waals surface area contributed by atoms with Crippen molar-refractivity contribution in [2.75, 3.05) is 11.9 Å². The Kier molecular flexibility index (Phi) is 3.46. The van der Waals surface area contributed by atoms with E-state index in [4.69, 9.17) is 4.98 Å². The Balaban J connectivity index is 1.44. The van der Waals surface area contributed by atoms with Gasteiger partial charge in [-0.1, -0.05) is 0 Å². The van der Waals surface area contributed by atoms with Crippen LogP contribution >= 0.6 is 0 Å². The van der Waals surface area contributed by atoms with Crippen LogP contribution in [0.2, 0.25) is 0 Å². The molecule has 2 heterocycles. The molecule has 0 aromatic carbocycles. The Bertz CT molecular complexity index is 689. The lowest BCUT2D eigenvalue weighted by Crippen LogP contribution is -2.60. The maximum atomic E-state index is 11.1. The van der Waals surface area contributed by atoms with Gasteiger partial charge in [0.1, 0.15) is 11.6 Å². The summed E-state index contributed by atoms with van der Waals surface area (Å²) in [6.45, 7) is 6.15. The second kappa shape index (κ2) is 5.40. The third kappa shape index (κ3) is 2.58. The van der Waals surface area contributed by atoms with Gasteiger partial charge in [0.25, 0.3) is 0 Å². The fourth-order valence-corrected chi connectivity index (χ4v) is 6.75. The number of aromatic nitrogens is 2. The topological polar surface area (TPSA) is 70.1 Å². The first-order valence-corrected chi connectivity index (χ1v) is 10.0. The molecule has 5 heteroatoms. The zero-order chi connectivity index (χ0) is 17.2. The number of fused-ring (bicyclic) bond motifs is 1. The van der Waals surface area contributed by atoms with E-state index in [1.165, 1.54) is 24.8 Å². The molecule has 1 aromatic rings. The Morgan fingerprint density at radius 2 is 1.96 bits per heavy atom. The number of nitrogens with one attached hydrogen (secondary N) is 2. The molecule has 25 heavy (non-hydrogen) atoms. The Morgan fingerprint density at radius 3 is 2.68 bits per heavy atom. The van der Waals surface area contributed by atoms with Crippen molar-refractivity contribution in [3.05, 3.63) is 17.1 Å². The molecule has 4 saturated carbocycles. The zero-order valence-electron chi connectivity index (χ0n) is 15.4. The maximum Gasteiger partial charge on any atom is 0.133 e. The van der Waals surface area contributed by atoms with E-state index in [9.17, 15) is 5.11 Å². The number of aryl methyl sites for hydroxylation is 1. The third-order valence-corrected chi connectivity index (χ3v) is 7.40. The summed E-state index contributed by atoms with van der Waals surface area (Å²) in [5.74, 6) is 3.34. The van der Waals surface area contributed by atoms with Crippen molar-refractivity contribution in [3.8, 4) is 0 Å². The van der Waals surface area contributed by atoms with Gasteiger partial charge in [-0.25, -0.2) is 9.97 Å². The standard InChI is InChI=1S/C20H30N4O/c1-12(19-6-14-5-15(7-19)9-20(25,8-14)11-19)22-18-16-3-4-21-10-17(16)23-13(2)24-18/h12,14-15,21,25H,3-11H2,1-2H3,(H,22,23,24)/t12-,14-,15-,19?,20?/m0/s1. The summed E-state index contributed by atoms with van der Waals surface area (Å²) < 4.78 is 0. The smallest absolute Gasteiger partial charge is 0.133 e. The van der Waals surface area contributed by atoms with Crippen LogP contribution in [0.15, 0.2) is 0 Å². The first kappa shape index (κ1) is 16.0. The molecule has 5 nitrogen and oxygen atoms in total. The van der Waals surface area contributed by atoms with E-state index in [2.05, 4.69) is 22.5 Å². The maximum absolute atomic E-state index is 11.1. The molecular formula is C20H30N4O. The molecule has 4 bridgehead atoms. The van der Waals surface area contributed by atoms with E-state index in [-0.39, 0.29) is 5.41 Å². The van der Waals surface area contributed by atoms with Crippen LogP contribution in [0.1, 0.15) is 62.5 Å². The van der Waals surface area contributed by atoms with Crippen molar-refractivity contribution in [2.45, 2.75) is 77.0 Å². The first-order chi connectivity index (χ1) is 11.9. The minimum absolute atomic E-state index is 0.234. The van der Waals surface area contributed by atoms with Crippen LogP contribution in [0.4, 0.5) is 5.82 Å². The SMILES string of the molecule is Cc1nc2c(c(N[C@@H](C)C34C[C@@H]5C[C@H](CC(O)(C5)C3)C4)n1)CCNC2. The monoisotopic (exact) mass is 342 g/mol. The van der Waals surface area contributed by atoms with Gasteiger partial charge in [-0.2, -0.15) is 0 Å². The van der Waals surface area contributed by atoms with Crippen molar-refractivity contribution in [1.82, 2.24) is 15.3 Å². The van der Waals surface area contributed by atoms with Crippen LogP contribution in [-0.4, -0.2) is 33.3 Å². The fraction of sp³-hybridized carbons (Fsp3) is 0.800. The van der Waals surface area contributed by atoms with Crippen molar-refractivity contribution < 1.29 is 5.11 Å². The van der Waals surface area contributed by atoms with Crippen molar-refractivity contribution in [3.63, 3.8) is 0 Å². The number of nitrogens with zero attached hydrogens (tertiary/aromatic N) is 2. The molecule has 5 aliphatic rings. The summed E-state index contributed by atoms with van der Waals surface area (Å²) in [4.78, 5) is 9.39. The molecular weight excluding hydrogens is 312 g/mol. The summed E-state index contributed by atoms with van der Waals surface area (Å²) >= 11 is 0. The quantitative estimate of drug-likeness (QED) is 0.787. The molecule has 0 saturated heterocycles. The molecule has 0 amide bonds. The van der Waals surface area contributed by atoms with E-state index in [0.717, 1.165) is 67.9 Å². The van der Waals surface area contributed by atoms with Gasteiger partial charge >= 0.3 is 0 Å². The summed E-state index contributed by atoms with van der Waals surface area (Å²) in [6, 6.07) is 0.346. The molecule has 1 aromatic heterocycles. The summed E-state index contributed by atoms with van der Waals surface area (Å²) in [7, 11) is 0. The van der Waals surface area contributed by atoms with E-state index in [1.807, 2.05) is 6.92 Å². The summed E-state index contributed by atoms with van der Waals surface area (Å²) in [6.07, 6.45) is 7.91. The van der Waals surface area contributed by atoms with Crippen LogP contribution in [0.25, 0.3) is 0 Å². The third-order valence-electron chi connectivity index (χ3n) is 7.40. The minimum Gasteiger partial charge on any atom is -0.390 e. The molecule has 0 spiro atoms. The molecule has 4 fully saturated rings. The molecule has 136 valence electrons. The van der Waals surface area contributed by atoms with Crippen LogP contribution in [0.5, 0.6) is 0 Å². The summed E-state index contributed by atoms with van der Waals surface area (Å²) in [5.41, 5.74) is 2.28. The predicted octanol–water partition coefficient (Wildman–Crippen LogP) is 2.56. The molecule has 3 N–H and O–H groups in total. The second-order valence-electron chi connectivity index (χ2n) is 9.39. The molecule has 0 radical (unpaired) electrons.